The lowest BCUT2D eigenvalue weighted by Gasteiger charge is -2.34. The summed E-state index contributed by atoms with van der Waals surface area (Å²) < 4.78 is 120. The van der Waals surface area contributed by atoms with E-state index in [2.05, 4.69) is 9.72 Å². The molecule has 1 heterocycles. The third-order valence-electron chi connectivity index (χ3n) is 2.67. The Morgan fingerprint density at radius 1 is 1.00 bits per heavy atom. The number of carbonyl (C=O) groups excluding carboxylic acids is 1. The third kappa shape index (κ3) is 2.81. The quantitative estimate of drug-likeness (QED) is 0.609. The molecule has 0 saturated heterocycles. The van der Waals surface area contributed by atoms with E-state index in [-0.39, 0.29) is 6.07 Å². The van der Waals surface area contributed by atoms with Gasteiger partial charge in [-0.2, -0.15) is 39.5 Å². The Bertz CT molecular complexity index is 597. The molecule has 0 bridgehead atoms. The van der Waals surface area contributed by atoms with Gasteiger partial charge in [0.25, 0.3) is 0 Å². The molecular weight excluding hydrogens is 349 g/mol. The van der Waals surface area contributed by atoms with Gasteiger partial charge >= 0.3 is 29.9 Å². The molecule has 3 nitrogen and oxygen atoms in total. The minimum Gasteiger partial charge on any atom is -0.464 e. The number of methoxy groups -OCH3 is 1. The number of esters is 1. The Kier molecular flexibility index (Phi) is 4.61. The number of halogens is 9. The maximum atomic E-state index is 13.7. The predicted octanol–water partition coefficient (Wildman–Crippen LogP) is 3.79. The van der Waals surface area contributed by atoms with E-state index in [1.165, 1.54) is 0 Å². The van der Waals surface area contributed by atoms with E-state index in [1.807, 2.05) is 0 Å². The third-order valence-corrected chi connectivity index (χ3v) is 2.67. The molecule has 0 aliphatic heterocycles. The van der Waals surface area contributed by atoms with E-state index in [1.54, 1.807) is 0 Å². The number of carbonyl (C=O) groups is 1. The number of pyridine rings is 1. The van der Waals surface area contributed by atoms with E-state index in [9.17, 15) is 44.3 Å². The van der Waals surface area contributed by atoms with Crippen molar-refractivity contribution in [3.8, 4) is 0 Å². The molecule has 0 unspecified atom stereocenters. The largest absolute Gasteiger partial charge is 0.464 e. The second-order valence-corrected chi connectivity index (χ2v) is 4.11. The van der Waals surface area contributed by atoms with E-state index in [4.69, 9.17) is 0 Å². The Morgan fingerprint density at radius 2 is 1.52 bits per heavy atom. The maximum absolute atomic E-state index is 13.7. The summed E-state index contributed by atoms with van der Waals surface area (Å²) in [5.41, 5.74) is -3.64. The summed E-state index contributed by atoms with van der Waals surface area (Å²) in [6.07, 6.45) is -6.29. The molecule has 0 amide bonds. The van der Waals surface area contributed by atoms with Crippen LogP contribution >= 0.6 is 0 Å². The highest BCUT2D eigenvalue weighted by molar-refractivity contribution is 5.89. The summed E-state index contributed by atoms with van der Waals surface area (Å²) in [6, 6.07) is 0.622. The monoisotopic (exact) mass is 355 g/mol. The Morgan fingerprint density at radius 3 is 1.96 bits per heavy atom. The molecule has 0 fully saturated rings. The van der Waals surface area contributed by atoms with Crippen molar-refractivity contribution in [3.05, 3.63) is 29.6 Å². The highest BCUT2D eigenvalue weighted by atomic mass is 19.4. The van der Waals surface area contributed by atoms with Crippen molar-refractivity contribution in [2.75, 3.05) is 7.11 Å². The number of hydrogen-bond acceptors (Lipinski definition) is 3. The molecule has 0 aromatic carbocycles. The van der Waals surface area contributed by atoms with Gasteiger partial charge in [0.05, 0.1) is 12.7 Å². The summed E-state index contributed by atoms with van der Waals surface area (Å²) in [7, 11) is 0.640. The van der Waals surface area contributed by atoms with Crippen molar-refractivity contribution < 1.29 is 49.0 Å². The first kappa shape index (κ1) is 19.0. The van der Waals surface area contributed by atoms with Crippen LogP contribution < -0.4 is 0 Å². The van der Waals surface area contributed by atoms with Crippen LogP contribution in [0.4, 0.5) is 39.5 Å². The van der Waals surface area contributed by atoms with Crippen LogP contribution in [0, 0.1) is 0 Å². The highest BCUT2D eigenvalue weighted by Gasteiger charge is 2.82. The molecule has 23 heavy (non-hydrogen) atoms. The predicted molar refractivity (Wildman–Crippen MR) is 55.4 cm³/mol. The summed E-state index contributed by atoms with van der Waals surface area (Å²) in [5, 5.41) is 0. The summed E-state index contributed by atoms with van der Waals surface area (Å²) in [6.45, 7) is 0. The van der Waals surface area contributed by atoms with Crippen molar-refractivity contribution in [2.24, 2.45) is 0 Å². The van der Waals surface area contributed by atoms with Crippen LogP contribution in [0.5, 0.6) is 0 Å². The molecule has 1 aromatic rings. The molecule has 0 atom stereocenters. The van der Waals surface area contributed by atoms with Crippen molar-refractivity contribution in [1.82, 2.24) is 4.98 Å². The Hall–Kier alpha value is -2.01. The molecular formula is C11H6F9NO2. The molecule has 130 valence electrons. The molecule has 12 heteroatoms. The van der Waals surface area contributed by atoms with E-state index in [0.717, 1.165) is 0 Å². The average Bonchev–Trinajstić information content (AvgIpc) is 2.44. The lowest BCUT2D eigenvalue weighted by atomic mass is 9.95. The molecule has 0 aliphatic carbocycles. The highest BCUT2D eigenvalue weighted by Crippen LogP contribution is 2.56. The molecule has 0 saturated carbocycles. The minimum absolute atomic E-state index is 0.0691. The normalized spacial score (nSPS) is 13.8. The average molecular weight is 355 g/mol. The van der Waals surface area contributed by atoms with Gasteiger partial charge in [0, 0.05) is 6.20 Å². The maximum Gasteiger partial charge on any atom is 0.460 e. The zero-order valence-corrected chi connectivity index (χ0v) is 10.9. The van der Waals surface area contributed by atoms with Gasteiger partial charge < -0.3 is 4.74 Å². The number of nitrogens with zero attached hydrogens (tertiary/aromatic N) is 1. The van der Waals surface area contributed by atoms with Gasteiger partial charge in [-0.3, -0.25) is 0 Å². The number of ether oxygens (including phenoxy) is 1. The first-order chi connectivity index (χ1) is 10.2. The van der Waals surface area contributed by atoms with Crippen LogP contribution in [0.1, 0.15) is 16.1 Å². The van der Waals surface area contributed by atoms with Gasteiger partial charge in [-0.15, -0.1) is 0 Å². The zero-order valence-electron chi connectivity index (χ0n) is 10.9. The van der Waals surface area contributed by atoms with E-state index >= 15 is 0 Å². The lowest BCUT2D eigenvalue weighted by molar-refractivity contribution is -0.399. The van der Waals surface area contributed by atoms with Gasteiger partial charge in [-0.1, -0.05) is 0 Å². The number of hydrogen-bond donors (Lipinski definition) is 0. The molecule has 1 aromatic heterocycles. The van der Waals surface area contributed by atoms with Gasteiger partial charge in [-0.05, 0) is 12.1 Å². The number of aromatic nitrogens is 1. The second kappa shape index (κ2) is 5.57. The second-order valence-electron chi connectivity index (χ2n) is 4.11. The lowest BCUT2D eigenvalue weighted by Crippen LogP contribution is -2.59. The van der Waals surface area contributed by atoms with Crippen molar-refractivity contribution in [3.63, 3.8) is 0 Å². The fourth-order valence-corrected chi connectivity index (χ4v) is 1.46. The Labute approximate surface area is 122 Å². The topological polar surface area (TPSA) is 39.2 Å². The first-order valence-corrected chi connectivity index (χ1v) is 5.45. The summed E-state index contributed by atoms with van der Waals surface area (Å²) in [4.78, 5) is 14.1. The van der Waals surface area contributed by atoms with Crippen LogP contribution in [0.25, 0.3) is 0 Å². The molecule has 1 rings (SSSR count). The van der Waals surface area contributed by atoms with Crippen molar-refractivity contribution in [1.29, 1.82) is 0 Å². The first-order valence-electron chi connectivity index (χ1n) is 5.45. The van der Waals surface area contributed by atoms with Crippen LogP contribution in [-0.4, -0.2) is 36.1 Å². The van der Waals surface area contributed by atoms with Crippen molar-refractivity contribution >= 4 is 5.97 Å². The van der Waals surface area contributed by atoms with Gasteiger partial charge in [0.1, 0.15) is 0 Å². The van der Waals surface area contributed by atoms with Crippen LogP contribution in [0.15, 0.2) is 18.3 Å². The number of rotatable bonds is 4. The molecule has 0 spiro atoms. The fourth-order valence-electron chi connectivity index (χ4n) is 1.46. The standard InChI is InChI=1S/C11H6F9NO2/c1-23-7(22)6-5(3-2-4-21-6)8(12,13)9(14,15)10(16,17)11(18,19)20/h2-4H,1H3. The van der Waals surface area contributed by atoms with Gasteiger partial charge in [0.15, 0.2) is 5.69 Å². The SMILES string of the molecule is COC(=O)c1ncccc1C(F)(F)C(F)(F)C(F)(F)C(F)(F)F. The van der Waals surface area contributed by atoms with E-state index < -0.39 is 41.2 Å². The summed E-state index contributed by atoms with van der Waals surface area (Å²) >= 11 is 0. The van der Waals surface area contributed by atoms with Crippen LogP contribution in [0.2, 0.25) is 0 Å². The molecule has 0 radical (unpaired) electrons. The van der Waals surface area contributed by atoms with Crippen molar-refractivity contribution in [2.45, 2.75) is 23.9 Å². The fraction of sp³-hybridized carbons (Fsp3) is 0.455. The zero-order chi connectivity index (χ0) is 18.3. The Balaban J connectivity index is 3.56. The molecule has 0 N–H and O–H groups in total. The molecule has 0 aliphatic rings. The van der Waals surface area contributed by atoms with E-state index in [0.29, 0.717) is 19.4 Å². The number of alkyl halides is 9. The minimum atomic E-state index is -7.06. The summed E-state index contributed by atoms with van der Waals surface area (Å²) in [5.74, 6) is -21.7. The van der Waals surface area contributed by atoms with Gasteiger partial charge in [0.2, 0.25) is 0 Å². The van der Waals surface area contributed by atoms with Crippen LogP contribution in [-0.2, 0) is 10.7 Å². The van der Waals surface area contributed by atoms with Gasteiger partial charge in [-0.25, -0.2) is 9.78 Å². The smallest absolute Gasteiger partial charge is 0.460 e. The van der Waals surface area contributed by atoms with Crippen LogP contribution in [0.3, 0.4) is 0 Å².